The number of benzene rings is 1. The number of Topliss-reactive ketones (excluding diaryl/α,β-unsaturated/α-hetero) is 1. The number of carbonyl (C=O) groups is 2. The van der Waals surface area contributed by atoms with Gasteiger partial charge in [-0.05, 0) is 23.3 Å². The minimum atomic E-state index is -4.95. The predicted molar refractivity (Wildman–Crippen MR) is 89.9 cm³/mol. The minimum absolute atomic E-state index is 0.0479. The van der Waals surface area contributed by atoms with Gasteiger partial charge in [-0.3, -0.25) is 9.59 Å². The Hall–Kier alpha value is -2.94. The molecular weight excluding hydrogens is 367 g/mol. The molecule has 1 amide bonds. The molecule has 0 fully saturated rings. The van der Waals surface area contributed by atoms with E-state index < -0.39 is 22.7 Å². The number of ketones is 1. The minimum Gasteiger partial charge on any atom is -0.347 e. The van der Waals surface area contributed by atoms with Crippen molar-refractivity contribution in [3.63, 3.8) is 0 Å². The average molecular weight is 379 g/mol. The standard InChI is InChI=1S/C17H12F3N3O2S/c18-17(19,20)15(24)13-5-6-14(26-13)16(25)22-7-10-1-3-11(4-2-10)12-8-21-9-23-12/h1-6,8-9H,7H2,(H,21,23)(H,22,25). The molecule has 0 aliphatic heterocycles. The molecule has 0 saturated carbocycles. The van der Waals surface area contributed by atoms with Crippen LogP contribution in [0.15, 0.2) is 48.9 Å². The van der Waals surface area contributed by atoms with Gasteiger partial charge in [0.1, 0.15) is 0 Å². The molecule has 2 heterocycles. The third-order valence-corrected chi connectivity index (χ3v) is 4.61. The molecule has 3 aromatic rings. The number of halogens is 3. The van der Waals surface area contributed by atoms with Crippen molar-refractivity contribution in [2.45, 2.75) is 12.7 Å². The lowest BCUT2D eigenvalue weighted by atomic mass is 10.1. The van der Waals surface area contributed by atoms with E-state index in [9.17, 15) is 22.8 Å². The maximum atomic E-state index is 12.4. The number of nitrogens with zero attached hydrogens (tertiary/aromatic N) is 1. The molecule has 134 valence electrons. The van der Waals surface area contributed by atoms with E-state index in [1.807, 2.05) is 24.3 Å². The SMILES string of the molecule is O=C(NCc1ccc(-c2cnc[nH]2)cc1)c1ccc(C(=O)C(F)(F)F)s1. The summed E-state index contributed by atoms with van der Waals surface area (Å²) in [5, 5.41) is 2.62. The number of hydrogen-bond acceptors (Lipinski definition) is 4. The maximum Gasteiger partial charge on any atom is 0.455 e. The fraction of sp³-hybridized carbons (Fsp3) is 0.118. The average Bonchev–Trinajstić information content (AvgIpc) is 3.30. The Labute approximate surface area is 149 Å². The molecular formula is C17H12F3N3O2S. The summed E-state index contributed by atoms with van der Waals surface area (Å²) in [4.78, 5) is 29.7. The third kappa shape index (κ3) is 3.99. The van der Waals surface area contributed by atoms with Crippen LogP contribution < -0.4 is 5.32 Å². The molecule has 0 bridgehead atoms. The lowest BCUT2D eigenvalue weighted by Gasteiger charge is -2.05. The number of rotatable bonds is 5. The van der Waals surface area contributed by atoms with Crippen LogP contribution >= 0.6 is 11.3 Å². The highest BCUT2D eigenvalue weighted by molar-refractivity contribution is 7.16. The molecule has 26 heavy (non-hydrogen) atoms. The van der Waals surface area contributed by atoms with Crippen LogP contribution in [0.1, 0.15) is 24.9 Å². The molecule has 2 N–H and O–H groups in total. The normalized spacial score (nSPS) is 11.3. The number of aromatic amines is 1. The van der Waals surface area contributed by atoms with Crippen molar-refractivity contribution in [2.24, 2.45) is 0 Å². The van der Waals surface area contributed by atoms with Crippen LogP contribution in [-0.4, -0.2) is 27.8 Å². The maximum absolute atomic E-state index is 12.4. The van der Waals surface area contributed by atoms with Gasteiger partial charge < -0.3 is 10.3 Å². The quantitative estimate of drug-likeness (QED) is 0.662. The second-order valence-electron chi connectivity index (χ2n) is 5.34. The molecule has 0 saturated heterocycles. The molecule has 0 aliphatic carbocycles. The summed E-state index contributed by atoms with van der Waals surface area (Å²) >= 11 is 0.519. The number of amides is 1. The van der Waals surface area contributed by atoms with E-state index in [1.165, 1.54) is 6.07 Å². The van der Waals surface area contributed by atoms with Gasteiger partial charge in [-0.1, -0.05) is 24.3 Å². The van der Waals surface area contributed by atoms with Crippen LogP contribution in [-0.2, 0) is 6.54 Å². The van der Waals surface area contributed by atoms with Crippen molar-refractivity contribution in [2.75, 3.05) is 0 Å². The number of aromatic nitrogens is 2. The van der Waals surface area contributed by atoms with E-state index in [0.717, 1.165) is 22.9 Å². The molecule has 0 atom stereocenters. The Balaban J connectivity index is 1.61. The van der Waals surface area contributed by atoms with Crippen LogP contribution in [0.2, 0.25) is 0 Å². The second-order valence-corrected chi connectivity index (χ2v) is 6.42. The number of alkyl halides is 3. The van der Waals surface area contributed by atoms with Gasteiger partial charge in [0.05, 0.1) is 28.0 Å². The molecule has 1 aromatic carbocycles. The summed E-state index contributed by atoms with van der Waals surface area (Å²) < 4.78 is 37.2. The molecule has 0 unspecified atom stereocenters. The number of thiophene rings is 1. The zero-order chi connectivity index (χ0) is 18.7. The molecule has 0 spiro atoms. The number of H-pyrrole nitrogens is 1. The first-order valence-corrected chi connectivity index (χ1v) is 8.23. The van der Waals surface area contributed by atoms with Gasteiger partial charge in [0.25, 0.3) is 11.7 Å². The van der Waals surface area contributed by atoms with Crippen molar-refractivity contribution in [1.29, 1.82) is 0 Å². The largest absolute Gasteiger partial charge is 0.455 e. The van der Waals surface area contributed by atoms with Crippen LogP contribution in [0, 0.1) is 0 Å². The molecule has 5 nitrogen and oxygen atoms in total. The fourth-order valence-corrected chi connectivity index (χ4v) is 3.09. The van der Waals surface area contributed by atoms with E-state index in [1.54, 1.807) is 12.5 Å². The molecule has 2 aromatic heterocycles. The Kier molecular flexibility index (Phi) is 4.90. The second kappa shape index (κ2) is 7.12. The van der Waals surface area contributed by atoms with E-state index >= 15 is 0 Å². The van der Waals surface area contributed by atoms with Crippen LogP contribution in [0.25, 0.3) is 11.3 Å². The Morgan fingerprint density at radius 1 is 1.08 bits per heavy atom. The van der Waals surface area contributed by atoms with Crippen LogP contribution in [0.3, 0.4) is 0 Å². The summed E-state index contributed by atoms with van der Waals surface area (Å²) in [6.07, 6.45) is -1.69. The van der Waals surface area contributed by atoms with E-state index in [0.29, 0.717) is 11.3 Å². The van der Waals surface area contributed by atoms with Gasteiger partial charge in [0.2, 0.25) is 0 Å². The van der Waals surface area contributed by atoms with E-state index in [-0.39, 0.29) is 11.4 Å². The zero-order valence-corrected chi connectivity index (χ0v) is 13.9. The van der Waals surface area contributed by atoms with Gasteiger partial charge in [0.15, 0.2) is 0 Å². The Morgan fingerprint density at radius 2 is 1.77 bits per heavy atom. The van der Waals surface area contributed by atoms with E-state index in [2.05, 4.69) is 15.3 Å². The van der Waals surface area contributed by atoms with Crippen molar-refractivity contribution in [3.8, 4) is 11.3 Å². The van der Waals surface area contributed by atoms with Crippen molar-refractivity contribution in [3.05, 3.63) is 64.2 Å². The van der Waals surface area contributed by atoms with Crippen molar-refractivity contribution in [1.82, 2.24) is 15.3 Å². The first-order chi connectivity index (χ1) is 12.3. The smallest absolute Gasteiger partial charge is 0.347 e. The fourth-order valence-electron chi connectivity index (χ4n) is 2.21. The van der Waals surface area contributed by atoms with Crippen molar-refractivity contribution >= 4 is 23.0 Å². The monoisotopic (exact) mass is 379 g/mol. The highest BCUT2D eigenvalue weighted by atomic mass is 32.1. The zero-order valence-electron chi connectivity index (χ0n) is 13.1. The summed E-state index contributed by atoms with van der Waals surface area (Å²) in [7, 11) is 0. The topological polar surface area (TPSA) is 74.8 Å². The highest BCUT2D eigenvalue weighted by Crippen LogP contribution is 2.26. The number of carbonyl (C=O) groups excluding carboxylic acids is 2. The third-order valence-electron chi connectivity index (χ3n) is 3.53. The van der Waals surface area contributed by atoms with Gasteiger partial charge in [0, 0.05) is 6.54 Å². The highest BCUT2D eigenvalue weighted by Gasteiger charge is 2.40. The molecule has 3 rings (SSSR count). The summed E-state index contributed by atoms with van der Waals surface area (Å²) in [6, 6.07) is 9.59. The first kappa shape index (κ1) is 17.9. The summed E-state index contributed by atoms with van der Waals surface area (Å²) in [5.41, 5.74) is 2.62. The lowest BCUT2D eigenvalue weighted by molar-refractivity contribution is -0.0882. The van der Waals surface area contributed by atoms with Gasteiger partial charge in [-0.25, -0.2) is 4.98 Å². The van der Waals surface area contributed by atoms with Gasteiger partial charge >= 0.3 is 6.18 Å². The Morgan fingerprint density at radius 3 is 2.38 bits per heavy atom. The molecule has 0 radical (unpaired) electrons. The molecule has 9 heteroatoms. The molecule has 0 aliphatic rings. The van der Waals surface area contributed by atoms with Crippen molar-refractivity contribution < 1.29 is 22.8 Å². The lowest BCUT2D eigenvalue weighted by Crippen LogP contribution is -2.22. The summed E-state index contributed by atoms with van der Waals surface area (Å²) in [6.45, 7) is 0.211. The van der Waals surface area contributed by atoms with Crippen LogP contribution in [0.5, 0.6) is 0 Å². The van der Waals surface area contributed by atoms with Gasteiger partial charge in [-0.15, -0.1) is 11.3 Å². The number of imidazole rings is 1. The van der Waals surface area contributed by atoms with Crippen LogP contribution in [0.4, 0.5) is 13.2 Å². The number of hydrogen-bond donors (Lipinski definition) is 2. The van der Waals surface area contributed by atoms with Gasteiger partial charge in [-0.2, -0.15) is 13.2 Å². The summed E-state index contributed by atoms with van der Waals surface area (Å²) in [5.74, 6) is -2.48. The van der Waals surface area contributed by atoms with E-state index in [4.69, 9.17) is 0 Å². The first-order valence-electron chi connectivity index (χ1n) is 7.42. The Bertz CT molecular complexity index is 916. The predicted octanol–water partition coefficient (Wildman–Crippen LogP) is 3.81. The number of nitrogens with one attached hydrogen (secondary N) is 2.